The fourth-order valence-corrected chi connectivity index (χ4v) is 4.62. The van der Waals surface area contributed by atoms with Gasteiger partial charge in [-0.05, 0) is 67.9 Å². The van der Waals surface area contributed by atoms with E-state index in [1.54, 1.807) is 18.2 Å². The molecule has 4 aromatic rings. The van der Waals surface area contributed by atoms with E-state index in [4.69, 9.17) is 21.3 Å². The van der Waals surface area contributed by atoms with Crippen LogP contribution in [0.25, 0.3) is 16.7 Å². The third-order valence-corrected chi connectivity index (χ3v) is 6.61. The SMILES string of the molecule is COC(=O)COc1ccc(-n2c(SC(C)C(=O)Nc3ccc(C)cc3Cl)nc3ccccc32)cc1. The number of benzene rings is 3. The highest BCUT2D eigenvalue weighted by molar-refractivity contribution is 8.00. The number of carbonyl (C=O) groups excluding carboxylic acids is 2. The largest absolute Gasteiger partial charge is 0.482 e. The maximum Gasteiger partial charge on any atom is 0.343 e. The lowest BCUT2D eigenvalue weighted by atomic mass is 10.2. The average molecular weight is 510 g/mol. The number of aryl methyl sites for hydroxylation is 1. The van der Waals surface area contributed by atoms with Crippen molar-refractivity contribution >= 4 is 52.0 Å². The van der Waals surface area contributed by atoms with Crippen LogP contribution in [0.15, 0.2) is 71.9 Å². The molecule has 0 radical (unpaired) electrons. The van der Waals surface area contributed by atoms with Gasteiger partial charge in [-0.2, -0.15) is 0 Å². The number of halogens is 1. The molecule has 0 saturated carbocycles. The number of hydrogen-bond donors (Lipinski definition) is 1. The molecule has 1 aromatic heterocycles. The molecule has 1 heterocycles. The molecule has 0 spiro atoms. The number of thioether (sulfide) groups is 1. The highest BCUT2D eigenvalue weighted by atomic mass is 35.5. The van der Waals surface area contributed by atoms with Crippen molar-refractivity contribution in [2.45, 2.75) is 24.3 Å². The molecule has 0 fully saturated rings. The van der Waals surface area contributed by atoms with Gasteiger partial charge in [0, 0.05) is 5.69 Å². The van der Waals surface area contributed by atoms with Gasteiger partial charge < -0.3 is 14.8 Å². The van der Waals surface area contributed by atoms with Crippen molar-refractivity contribution in [1.82, 2.24) is 9.55 Å². The van der Waals surface area contributed by atoms with Crippen molar-refractivity contribution in [2.75, 3.05) is 19.0 Å². The van der Waals surface area contributed by atoms with Crippen molar-refractivity contribution in [1.29, 1.82) is 0 Å². The zero-order valence-electron chi connectivity index (χ0n) is 19.4. The van der Waals surface area contributed by atoms with Crippen LogP contribution in [0.2, 0.25) is 5.02 Å². The molecule has 0 aliphatic rings. The van der Waals surface area contributed by atoms with E-state index in [-0.39, 0.29) is 12.5 Å². The minimum Gasteiger partial charge on any atom is -0.482 e. The minimum atomic E-state index is -0.451. The molecule has 7 nitrogen and oxygen atoms in total. The molecular formula is C26H24ClN3O4S. The second-order valence-corrected chi connectivity index (χ2v) is 9.52. The van der Waals surface area contributed by atoms with E-state index < -0.39 is 11.2 Å². The molecule has 180 valence electrons. The molecule has 0 aliphatic carbocycles. The van der Waals surface area contributed by atoms with Gasteiger partial charge in [-0.3, -0.25) is 9.36 Å². The number of anilines is 1. The number of fused-ring (bicyclic) bond motifs is 1. The highest BCUT2D eigenvalue weighted by Gasteiger charge is 2.21. The Morgan fingerprint density at radius 3 is 2.57 bits per heavy atom. The maximum absolute atomic E-state index is 12.9. The Morgan fingerprint density at radius 2 is 1.86 bits per heavy atom. The Kier molecular flexibility index (Phi) is 7.63. The molecule has 3 aromatic carbocycles. The second-order valence-electron chi connectivity index (χ2n) is 7.81. The fourth-order valence-electron chi connectivity index (χ4n) is 3.39. The number of ether oxygens (including phenoxy) is 2. The first-order valence-electron chi connectivity index (χ1n) is 10.9. The zero-order valence-corrected chi connectivity index (χ0v) is 21.0. The maximum atomic E-state index is 12.9. The molecule has 1 amide bonds. The van der Waals surface area contributed by atoms with Crippen molar-refractivity contribution in [3.05, 3.63) is 77.3 Å². The molecule has 0 saturated heterocycles. The molecule has 35 heavy (non-hydrogen) atoms. The van der Waals surface area contributed by atoms with E-state index in [2.05, 4.69) is 10.1 Å². The third-order valence-electron chi connectivity index (χ3n) is 5.24. The van der Waals surface area contributed by atoms with Crippen LogP contribution >= 0.6 is 23.4 Å². The fraction of sp³-hybridized carbons (Fsp3) is 0.192. The molecule has 1 N–H and O–H groups in total. The Morgan fingerprint density at radius 1 is 1.11 bits per heavy atom. The number of hydrogen-bond acceptors (Lipinski definition) is 6. The van der Waals surface area contributed by atoms with E-state index in [9.17, 15) is 9.59 Å². The first kappa shape index (κ1) is 24.6. The van der Waals surface area contributed by atoms with Crippen LogP contribution in [0, 0.1) is 6.92 Å². The molecule has 9 heteroatoms. The van der Waals surface area contributed by atoms with Gasteiger partial charge in [0.05, 0.1) is 34.1 Å². The van der Waals surface area contributed by atoms with Crippen LogP contribution in [0.3, 0.4) is 0 Å². The van der Waals surface area contributed by atoms with Gasteiger partial charge >= 0.3 is 5.97 Å². The van der Waals surface area contributed by atoms with Gasteiger partial charge in [0.2, 0.25) is 5.91 Å². The number of rotatable bonds is 8. The first-order valence-corrected chi connectivity index (χ1v) is 12.1. The van der Waals surface area contributed by atoms with Gasteiger partial charge in [0.25, 0.3) is 0 Å². The van der Waals surface area contributed by atoms with Gasteiger partial charge in [-0.25, -0.2) is 9.78 Å². The Labute approximate surface area is 212 Å². The van der Waals surface area contributed by atoms with Gasteiger partial charge in [0.15, 0.2) is 11.8 Å². The van der Waals surface area contributed by atoms with Gasteiger partial charge in [-0.1, -0.05) is 41.6 Å². The van der Waals surface area contributed by atoms with Gasteiger partial charge in [-0.15, -0.1) is 0 Å². The van der Waals surface area contributed by atoms with Crippen molar-refractivity contribution in [2.24, 2.45) is 0 Å². The summed E-state index contributed by atoms with van der Waals surface area (Å²) in [4.78, 5) is 29.0. The Balaban J connectivity index is 1.58. The lowest BCUT2D eigenvalue weighted by molar-refractivity contribution is -0.142. The smallest absolute Gasteiger partial charge is 0.343 e. The summed E-state index contributed by atoms with van der Waals surface area (Å²) < 4.78 is 12.0. The number of amides is 1. The zero-order chi connectivity index (χ0) is 24.9. The summed E-state index contributed by atoms with van der Waals surface area (Å²) in [5.74, 6) is -0.0843. The number of carbonyl (C=O) groups is 2. The molecule has 0 bridgehead atoms. The monoisotopic (exact) mass is 509 g/mol. The van der Waals surface area contributed by atoms with Crippen LogP contribution in [0.5, 0.6) is 5.75 Å². The third kappa shape index (κ3) is 5.78. The standard InChI is InChI=1S/C26H24ClN3O4S/c1-16-8-13-21(20(27)14-16)28-25(32)17(2)35-26-29-22-6-4-5-7-23(22)30(26)18-9-11-19(12-10-18)34-15-24(31)33-3/h4-14,17H,15H2,1-3H3,(H,28,32). The summed E-state index contributed by atoms with van der Waals surface area (Å²) >= 11 is 7.64. The molecular weight excluding hydrogens is 486 g/mol. The summed E-state index contributed by atoms with van der Waals surface area (Å²) in [6.07, 6.45) is 0. The van der Waals surface area contributed by atoms with Crippen LogP contribution in [-0.4, -0.2) is 40.4 Å². The Bertz CT molecular complexity index is 1370. The van der Waals surface area contributed by atoms with E-state index in [0.29, 0.717) is 21.6 Å². The topological polar surface area (TPSA) is 82.5 Å². The lowest BCUT2D eigenvalue weighted by Gasteiger charge is -2.15. The number of nitrogens with zero attached hydrogens (tertiary/aromatic N) is 2. The predicted octanol–water partition coefficient (Wildman–Crippen LogP) is 5.66. The first-order chi connectivity index (χ1) is 16.9. The quantitative estimate of drug-likeness (QED) is 0.244. The second kappa shape index (κ2) is 10.8. The van der Waals surface area contributed by atoms with Crippen LogP contribution in [0.4, 0.5) is 5.69 Å². The van der Waals surface area contributed by atoms with E-state index in [1.165, 1.54) is 18.9 Å². The summed E-state index contributed by atoms with van der Waals surface area (Å²) in [5.41, 5.74) is 4.17. The van der Waals surface area contributed by atoms with Gasteiger partial charge in [0.1, 0.15) is 5.75 Å². The highest BCUT2D eigenvalue weighted by Crippen LogP contribution is 2.32. The summed E-state index contributed by atoms with van der Waals surface area (Å²) in [6, 6.07) is 20.6. The van der Waals surface area contributed by atoms with E-state index in [1.807, 2.05) is 66.9 Å². The summed E-state index contributed by atoms with van der Waals surface area (Å²) in [5, 5.41) is 3.63. The number of imidazole rings is 1. The van der Waals surface area contributed by atoms with Crippen molar-refractivity contribution in [3.8, 4) is 11.4 Å². The number of aromatic nitrogens is 2. The van der Waals surface area contributed by atoms with Crippen LogP contribution in [-0.2, 0) is 14.3 Å². The number of para-hydroxylation sites is 2. The number of nitrogens with one attached hydrogen (secondary N) is 1. The molecule has 4 rings (SSSR count). The predicted molar refractivity (Wildman–Crippen MR) is 139 cm³/mol. The average Bonchev–Trinajstić information content (AvgIpc) is 3.22. The lowest BCUT2D eigenvalue weighted by Crippen LogP contribution is -2.23. The minimum absolute atomic E-state index is 0.164. The van der Waals surface area contributed by atoms with Crippen molar-refractivity contribution in [3.63, 3.8) is 0 Å². The van der Waals surface area contributed by atoms with E-state index >= 15 is 0 Å². The van der Waals surface area contributed by atoms with Crippen LogP contribution < -0.4 is 10.1 Å². The van der Waals surface area contributed by atoms with Crippen molar-refractivity contribution < 1.29 is 19.1 Å². The van der Waals surface area contributed by atoms with Crippen LogP contribution in [0.1, 0.15) is 12.5 Å². The normalized spacial score (nSPS) is 11.8. The molecule has 1 unspecified atom stereocenters. The number of methoxy groups -OCH3 is 1. The molecule has 0 aliphatic heterocycles. The Hall–Kier alpha value is -3.49. The molecule has 1 atom stereocenters. The summed E-state index contributed by atoms with van der Waals surface area (Å²) in [7, 11) is 1.31. The summed E-state index contributed by atoms with van der Waals surface area (Å²) in [6.45, 7) is 3.61. The van der Waals surface area contributed by atoms with E-state index in [0.717, 1.165) is 22.3 Å². The number of esters is 1.